The van der Waals surface area contributed by atoms with Crippen molar-refractivity contribution in [2.24, 2.45) is 5.92 Å². The number of halogens is 6. The molecule has 0 fully saturated rings. The first-order chi connectivity index (χ1) is 8.68. The van der Waals surface area contributed by atoms with Crippen LogP contribution in [0.1, 0.15) is 25.1 Å². The number of furan rings is 1. The smallest absolute Gasteiger partial charge is 0.402 e. The third-order valence-electron chi connectivity index (χ3n) is 2.50. The Hall–Kier alpha value is -1.18. The van der Waals surface area contributed by atoms with E-state index in [0.29, 0.717) is 6.42 Å². The van der Waals surface area contributed by atoms with E-state index in [1.807, 2.05) is 0 Å². The molecule has 0 amide bonds. The van der Waals surface area contributed by atoms with Gasteiger partial charge in [-0.25, -0.2) is 0 Å². The molecule has 0 aliphatic rings. The SMILES string of the molecule is CCCNC(c1ccco1)C(C(F)(F)F)C(F)(F)F. The zero-order valence-electron chi connectivity index (χ0n) is 9.98. The van der Waals surface area contributed by atoms with Gasteiger partial charge in [0.2, 0.25) is 0 Å². The van der Waals surface area contributed by atoms with Gasteiger partial charge in [-0.3, -0.25) is 0 Å². The third-order valence-corrected chi connectivity index (χ3v) is 2.50. The minimum Gasteiger partial charge on any atom is -0.468 e. The highest BCUT2D eigenvalue weighted by Crippen LogP contribution is 2.46. The van der Waals surface area contributed by atoms with Crippen molar-refractivity contribution in [2.75, 3.05) is 6.54 Å². The van der Waals surface area contributed by atoms with Crippen LogP contribution in [0.15, 0.2) is 22.8 Å². The van der Waals surface area contributed by atoms with Crippen molar-refractivity contribution in [3.8, 4) is 0 Å². The van der Waals surface area contributed by atoms with Crippen molar-refractivity contribution >= 4 is 0 Å². The molecule has 1 atom stereocenters. The maximum absolute atomic E-state index is 12.7. The van der Waals surface area contributed by atoms with Gasteiger partial charge in [-0.05, 0) is 25.1 Å². The Kier molecular flexibility index (Phi) is 4.89. The molecule has 8 heteroatoms. The lowest BCUT2D eigenvalue weighted by atomic mass is 9.96. The number of alkyl halides is 6. The van der Waals surface area contributed by atoms with Crippen LogP contribution in [0.2, 0.25) is 0 Å². The highest BCUT2D eigenvalue weighted by molar-refractivity contribution is 5.08. The Morgan fingerprint density at radius 2 is 1.74 bits per heavy atom. The fourth-order valence-corrected chi connectivity index (χ4v) is 1.71. The van der Waals surface area contributed by atoms with Gasteiger partial charge in [-0.15, -0.1) is 0 Å². The topological polar surface area (TPSA) is 25.2 Å². The zero-order valence-corrected chi connectivity index (χ0v) is 9.98. The predicted octanol–water partition coefficient (Wildman–Crippen LogP) is 4.06. The second-order valence-electron chi connectivity index (χ2n) is 4.01. The summed E-state index contributed by atoms with van der Waals surface area (Å²) in [5, 5.41) is 2.25. The maximum Gasteiger partial charge on any atom is 0.402 e. The highest BCUT2D eigenvalue weighted by Gasteiger charge is 2.61. The molecule has 1 rings (SSSR count). The molecule has 0 aliphatic carbocycles. The Morgan fingerprint density at radius 3 is 2.11 bits per heavy atom. The second kappa shape index (κ2) is 5.85. The molecule has 1 unspecified atom stereocenters. The summed E-state index contributed by atoms with van der Waals surface area (Å²) in [4.78, 5) is 0. The largest absolute Gasteiger partial charge is 0.468 e. The first kappa shape index (κ1) is 15.9. The van der Waals surface area contributed by atoms with Gasteiger partial charge < -0.3 is 9.73 Å². The van der Waals surface area contributed by atoms with Gasteiger partial charge in [0.05, 0.1) is 12.3 Å². The van der Waals surface area contributed by atoms with E-state index in [9.17, 15) is 26.3 Å². The van der Waals surface area contributed by atoms with Gasteiger partial charge in [-0.1, -0.05) is 6.92 Å². The predicted molar refractivity (Wildman–Crippen MR) is 55.3 cm³/mol. The first-order valence-electron chi connectivity index (χ1n) is 5.58. The Morgan fingerprint density at radius 1 is 1.16 bits per heavy atom. The molecule has 0 aromatic carbocycles. The molecule has 1 aromatic rings. The molecule has 1 aromatic heterocycles. The molecule has 0 saturated carbocycles. The molecule has 0 saturated heterocycles. The Balaban J connectivity index is 3.11. The van der Waals surface area contributed by atoms with Crippen LogP contribution in [0.25, 0.3) is 0 Å². The third kappa shape index (κ3) is 4.15. The lowest BCUT2D eigenvalue weighted by molar-refractivity contribution is -0.293. The number of rotatable bonds is 5. The van der Waals surface area contributed by atoms with Crippen molar-refractivity contribution < 1.29 is 30.8 Å². The van der Waals surface area contributed by atoms with E-state index in [4.69, 9.17) is 4.42 Å². The summed E-state index contributed by atoms with van der Waals surface area (Å²) in [5.74, 6) is -3.88. The summed E-state index contributed by atoms with van der Waals surface area (Å²) in [6.07, 6.45) is -9.37. The van der Waals surface area contributed by atoms with Crippen LogP contribution < -0.4 is 5.32 Å². The summed E-state index contributed by atoms with van der Waals surface area (Å²) in [7, 11) is 0. The molecular weight excluding hydrogens is 276 g/mol. The van der Waals surface area contributed by atoms with E-state index in [0.717, 1.165) is 12.3 Å². The van der Waals surface area contributed by atoms with Crippen LogP contribution in [-0.4, -0.2) is 18.9 Å². The lowest BCUT2D eigenvalue weighted by Crippen LogP contribution is -2.46. The molecule has 0 aliphatic heterocycles. The van der Waals surface area contributed by atoms with Gasteiger partial charge in [-0.2, -0.15) is 26.3 Å². The van der Waals surface area contributed by atoms with Crippen LogP contribution in [0, 0.1) is 5.92 Å². The normalized spacial score (nSPS) is 14.9. The fraction of sp³-hybridized carbons (Fsp3) is 0.636. The molecule has 1 N–H and O–H groups in total. The number of nitrogens with one attached hydrogen (secondary N) is 1. The van der Waals surface area contributed by atoms with Gasteiger partial charge in [0.15, 0.2) is 5.92 Å². The Bertz CT molecular complexity index is 356. The van der Waals surface area contributed by atoms with E-state index in [-0.39, 0.29) is 12.3 Å². The van der Waals surface area contributed by atoms with Crippen LogP contribution >= 0.6 is 0 Å². The van der Waals surface area contributed by atoms with Crippen molar-refractivity contribution in [3.05, 3.63) is 24.2 Å². The molecule has 2 nitrogen and oxygen atoms in total. The summed E-state index contributed by atoms with van der Waals surface area (Å²) in [6.45, 7) is 1.66. The van der Waals surface area contributed by atoms with Crippen molar-refractivity contribution in [2.45, 2.75) is 31.7 Å². The van der Waals surface area contributed by atoms with Crippen molar-refractivity contribution in [1.82, 2.24) is 5.32 Å². The van der Waals surface area contributed by atoms with Gasteiger partial charge in [0, 0.05) is 0 Å². The van der Waals surface area contributed by atoms with Crippen LogP contribution in [0.5, 0.6) is 0 Å². The van der Waals surface area contributed by atoms with Crippen LogP contribution in [0.3, 0.4) is 0 Å². The molecule has 1 heterocycles. The molecule has 19 heavy (non-hydrogen) atoms. The first-order valence-corrected chi connectivity index (χ1v) is 5.58. The molecule has 0 bridgehead atoms. The van der Waals surface area contributed by atoms with Crippen LogP contribution in [-0.2, 0) is 0 Å². The van der Waals surface area contributed by atoms with E-state index < -0.39 is 24.3 Å². The van der Waals surface area contributed by atoms with Gasteiger partial charge in [0.1, 0.15) is 5.76 Å². The minimum absolute atomic E-state index is 0.0219. The van der Waals surface area contributed by atoms with E-state index in [1.54, 1.807) is 6.92 Å². The lowest BCUT2D eigenvalue weighted by Gasteiger charge is -2.30. The summed E-state index contributed by atoms with van der Waals surface area (Å²) < 4.78 is 80.8. The summed E-state index contributed by atoms with van der Waals surface area (Å²) in [6, 6.07) is 0.368. The standard InChI is InChI=1S/C11H13F6NO/c1-2-5-18-8(7-4-3-6-19-7)9(10(12,13)14)11(15,16)17/h3-4,6,8-9,18H,2,5H2,1H3. The van der Waals surface area contributed by atoms with Crippen molar-refractivity contribution in [1.29, 1.82) is 0 Å². The molecule has 0 radical (unpaired) electrons. The second-order valence-corrected chi connectivity index (χ2v) is 4.01. The monoisotopic (exact) mass is 289 g/mol. The van der Waals surface area contributed by atoms with Crippen LogP contribution in [0.4, 0.5) is 26.3 Å². The number of hydrogen-bond acceptors (Lipinski definition) is 2. The minimum atomic E-state index is -5.41. The van der Waals surface area contributed by atoms with Crippen molar-refractivity contribution in [3.63, 3.8) is 0 Å². The van der Waals surface area contributed by atoms with Gasteiger partial charge >= 0.3 is 12.4 Å². The average molecular weight is 289 g/mol. The van der Waals surface area contributed by atoms with Gasteiger partial charge in [0.25, 0.3) is 0 Å². The average Bonchev–Trinajstić information content (AvgIpc) is 2.73. The summed E-state index contributed by atoms with van der Waals surface area (Å²) in [5.41, 5.74) is 0. The summed E-state index contributed by atoms with van der Waals surface area (Å²) >= 11 is 0. The number of hydrogen-bond donors (Lipinski definition) is 1. The molecule has 0 spiro atoms. The Labute approximate surface area is 105 Å². The quantitative estimate of drug-likeness (QED) is 0.827. The zero-order chi connectivity index (χ0) is 14.7. The van der Waals surface area contributed by atoms with E-state index >= 15 is 0 Å². The highest BCUT2D eigenvalue weighted by atomic mass is 19.4. The molecular formula is C11H13F6NO. The molecule has 110 valence electrons. The van der Waals surface area contributed by atoms with E-state index in [2.05, 4.69) is 5.32 Å². The van der Waals surface area contributed by atoms with E-state index in [1.165, 1.54) is 6.07 Å². The maximum atomic E-state index is 12.7. The fourth-order valence-electron chi connectivity index (χ4n) is 1.71.